The Hall–Kier alpha value is -0.710. The molecular weight excluding hydrogens is 240 g/mol. The summed E-state index contributed by atoms with van der Waals surface area (Å²) in [4.78, 5) is 13.6. The van der Waals surface area contributed by atoms with Crippen LogP contribution in [0.2, 0.25) is 0 Å². The van der Waals surface area contributed by atoms with E-state index in [0.29, 0.717) is 18.8 Å². The predicted molar refractivity (Wildman–Crippen MR) is 61.3 cm³/mol. The number of esters is 1. The minimum Gasteiger partial charge on any atom is -0.461 e. The van der Waals surface area contributed by atoms with E-state index in [1.54, 1.807) is 0 Å². The second-order valence-electron chi connectivity index (χ2n) is 6.53. The highest BCUT2D eigenvalue weighted by molar-refractivity contribution is 5.76. The van der Waals surface area contributed by atoms with Crippen LogP contribution in [0.15, 0.2) is 0 Å². The Morgan fingerprint density at radius 3 is 2.50 bits per heavy atom. The first-order valence-corrected chi connectivity index (χ1v) is 6.64. The van der Waals surface area contributed by atoms with Gasteiger partial charge in [-0.05, 0) is 31.1 Å². The van der Waals surface area contributed by atoms with E-state index >= 15 is 0 Å². The maximum absolute atomic E-state index is 12.8. The Bertz CT molecular complexity index is 329. The lowest BCUT2D eigenvalue weighted by molar-refractivity contribution is -0.180. The summed E-state index contributed by atoms with van der Waals surface area (Å²) in [5.41, 5.74) is -0.0506. The van der Waals surface area contributed by atoms with Crippen LogP contribution in [0.1, 0.15) is 26.2 Å². The van der Waals surface area contributed by atoms with Crippen LogP contribution in [0.25, 0.3) is 0 Å². The van der Waals surface area contributed by atoms with E-state index in [2.05, 4.69) is 4.90 Å². The molecule has 0 aromatic heterocycles. The standard InChI is InChI=1S/C13H19F2NO2/c1-12(14,15)11(17)18-8-13-3-9-2-10(4-13)6-16(5-9)7-13/h9-10H,2-8H2,1H3. The van der Waals surface area contributed by atoms with Crippen LogP contribution in [-0.2, 0) is 9.53 Å². The molecule has 3 nitrogen and oxygen atoms in total. The van der Waals surface area contributed by atoms with Gasteiger partial charge in [0.25, 0.3) is 0 Å². The van der Waals surface area contributed by atoms with Gasteiger partial charge in [0.15, 0.2) is 0 Å². The van der Waals surface area contributed by atoms with Crippen LogP contribution in [0.5, 0.6) is 0 Å². The molecule has 0 N–H and O–H groups in total. The van der Waals surface area contributed by atoms with Crippen LogP contribution in [0, 0.1) is 17.3 Å². The first-order chi connectivity index (χ1) is 8.36. The highest BCUT2D eigenvalue weighted by atomic mass is 19.3. The number of piperidine rings is 3. The lowest BCUT2D eigenvalue weighted by atomic mass is 9.60. The maximum Gasteiger partial charge on any atom is 0.376 e. The monoisotopic (exact) mass is 259 g/mol. The topological polar surface area (TPSA) is 29.5 Å². The van der Waals surface area contributed by atoms with Crippen molar-refractivity contribution in [1.82, 2.24) is 4.90 Å². The number of carbonyl (C=O) groups is 1. The third-order valence-corrected chi connectivity index (χ3v) is 4.57. The lowest BCUT2D eigenvalue weighted by Crippen LogP contribution is -2.60. The molecule has 102 valence electrons. The number of ether oxygens (including phenoxy) is 1. The second-order valence-corrected chi connectivity index (χ2v) is 6.53. The Kier molecular flexibility index (Phi) is 2.66. The van der Waals surface area contributed by atoms with Crippen molar-refractivity contribution >= 4 is 5.97 Å². The molecular formula is C13H19F2NO2. The fraction of sp³-hybridized carbons (Fsp3) is 0.923. The van der Waals surface area contributed by atoms with Gasteiger partial charge in [-0.15, -0.1) is 0 Å². The van der Waals surface area contributed by atoms with Gasteiger partial charge in [0.2, 0.25) is 0 Å². The summed E-state index contributed by atoms with van der Waals surface area (Å²) in [7, 11) is 0. The SMILES string of the molecule is CC(F)(F)C(=O)OCC12CC3CC(CN(C3)C1)C2. The third kappa shape index (κ3) is 2.13. The fourth-order valence-electron chi connectivity index (χ4n) is 4.27. The first kappa shape index (κ1) is 12.3. The number of halogens is 2. The molecule has 5 heteroatoms. The van der Waals surface area contributed by atoms with Crippen molar-refractivity contribution in [3.8, 4) is 0 Å². The van der Waals surface area contributed by atoms with Crippen molar-refractivity contribution in [2.75, 3.05) is 26.2 Å². The molecule has 1 aliphatic carbocycles. The van der Waals surface area contributed by atoms with Crippen molar-refractivity contribution in [1.29, 1.82) is 0 Å². The van der Waals surface area contributed by atoms with Crippen molar-refractivity contribution in [2.45, 2.75) is 32.1 Å². The van der Waals surface area contributed by atoms with E-state index in [0.717, 1.165) is 32.5 Å². The number of hydrogen-bond donors (Lipinski definition) is 0. The zero-order chi connectivity index (χ0) is 13.0. The van der Waals surface area contributed by atoms with Crippen LogP contribution in [0.4, 0.5) is 8.78 Å². The second kappa shape index (κ2) is 3.89. The van der Waals surface area contributed by atoms with Gasteiger partial charge < -0.3 is 9.64 Å². The molecule has 18 heavy (non-hydrogen) atoms. The fourth-order valence-corrected chi connectivity index (χ4v) is 4.27. The van der Waals surface area contributed by atoms with E-state index in [1.165, 1.54) is 6.42 Å². The molecule has 4 bridgehead atoms. The van der Waals surface area contributed by atoms with Crippen molar-refractivity contribution < 1.29 is 18.3 Å². The van der Waals surface area contributed by atoms with Crippen molar-refractivity contribution in [3.05, 3.63) is 0 Å². The van der Waals surface area contributed by atoms with E-state index < -0.39 is 11.9 Å². The summed E-state index contributed by atoms with van der Waals surface area (Å²) in [6, 6.07) is 0. The molecule has 1 saturated carbocycles. The normalized spacial score (nSPS) is 42.1. The van der Waals surface area contributed by atoms with Crippen LogP contribution < -0.4 is 0 Å². The van der Waals surface area contributed by atoms with E-state index in [1.807, 2.05) is 0 Å². The van der Waals surface area contributed by atoms with Crippen LogP contribution in [-0.4, -0.2) is 43.0 Å². The van der Waals surface area contributed by atoms with Crippen molar-refractivity contribution in [2.24, 2.45) is 17.3 Å². The Morgan fingerprint density at radius 2 is 2.00 bits per heavy atom. The summed E-state index contributed by atoms with van der Waals surface area (Å²) in [5, 5.41) is 0. The Labute approximate surface area is 105 Å². The number of nitrogens with zero attached hydrogens (tertiary/aromatic N) is 1. The van der Waals surface area contributed by atoms with E-state index in [4.69, 9.17) is 4.74 Å². The van der Waals surface area contributed by atoms with Gasteiger partial charge in [0.05, 0.1) is 6.61 Å². The lowest BCUT2D eigenvalue weighted by Gasteiger charge is -2.57. The van der Waals surface area contributed by atoms with Gasteiger partial charge >= 0.3 is 11.9 Å². The number of rotatable bonds is 3. The number of carbonyl (C=O) groups excluding carboxylic acids is 1. The molecule has 0 aromatic carbocycles. The molecule has 4 rings (SSSR count). The predicted octanol–water partition coefficient (Wildman–Crippen LogP) is 1.92. The molecule has 0 radical (unpaired) electrons. The average Bonchev–Trinajstić information content (AvgIpc) is 2.22. The highest BCUT2D eigenvalue weighted by Crippen LogP contribution is 2.51. The quantitative estimate of drug-likeness (QED) is 0.725. The Morgan fingerprint density at radius 1 is 1.39 bits per heavy atom. The number of alkyl halides is 2. The zero-order valence-corrected chi connectivity index (χ0v) is 10.6. The summed E-state index contributed by atoms with van der Waals surface area (Å²) in [6.45, 7) is 3.94. The third-order valence-electron chi connectivity index (χ3n) is 4.57. The van der Waals surface area contributed by atoms with Gasteiger partial charge in [-0.1, -0.05) is 0 Å². The molecule has 3 heterocycles. The molecule has 3 aliphatic heterocycles. The van der Waals surface area contributed by atoms with Gasteiger partial charge in [-0.3, -0.25) is 0 Å². The minimum atomic E-state index is -3.37. The van der Waals surface area contributed by atoms with Crippen LogP contribution >= 0.6 is 0 Å². The molecule has 0 amide bonds. The molecule has 0 aromatic rings. The Balaban J connectivity index is 1.64. The minimum absolute atomic E-state index is 0.0506. The van der Waals surface area contributed by atoms with E-state index in [9.17, 15) is 13.6 Å². The molecule has 3 saturated heterocycles. The van der Waals surface area contributed by atoms with Gasteiger partial charge in [0.1, 0.15) is 0 Å². The average molecular weight is 259 g/mol. The maximum atomic E-state index is 12.8. The summed E-state index contributed by atoms with van der Waals surface area (Å²) in [5.74, 6) is -3.41. The summed E-state index contributed by atoms with van der Waals surface area (Å²) in [6.07, 6.45) is 3.32. The summed E-state index contributed by atoms with van der Waals surface area (Å²) < 4.78 is 30.5. The number of hydrogen-bond acceptors (Lipinski definition) is 3. The van der Waals surface area contributed by atoms with Crippen molar-refractivity contribution in [3.63, 3.8) is 0 Å². The first-order valence-electron chi connectivity index (χ1n) is 6.64. The molecule has 0 spiro atoms. The largest absolute Gasteiger partial charge is 0.461 e. The van der Waals surface area contributed by atoms with Gasteiger partial charge in [-0.25, -0.2) is 4.79 Å². The molecule has 2 atom stereocenters. The molecule has 4 aliphatic rings. The molecule has 4 fully saturated rings. The van der Waals surface area contributed by atoms with Crippen LogP contribution in [0.3, 0.4) is 0 Å². The zero-order valence-electron chi connectivity index (χ0n) is 10.6. The van der Waals surface area contributed by atoms with Gasteiger partial charge in [0, 0.05) is 32.0 Å². The smallest absolute Gasteiger partial charge is 0.376 e. The highest BCUT2D eigenvalue weighted by Gasteiger charge is 2.51. The van der Waals surface area contributed by atoms with E-state index in [-0.39, 0.29) is 12.0 Å². The van der Waals surface area contributed by atoms with Gasteiger partial charge in [-0.2, -0.15) is 8.78 Å². The molecule has 2 unspecified atom stereocenters. The summed E-state index contributed by atoms with van der Waals surface area (Å²) >= 11 is 0.